The highest BCUT2D eigenvalue weighted by Gasteiger charge is 2.19. The van der Waals surface area contributed by atoms with Gasteiger partial charge in [-0.25, -0.2) is 0 Å². The number of nitrogens with one attached hydrogen (secondary N) is 1. The molecule has 0 amide bonds. The minimum absolute atomic E-state index is 0.0453. The number of carbonyl (C=O) groups is 1. The fourth-order valence-corrected chi connectivity index (χ4v) is 1.01. The maximum Gasteiger partial charge on any atom is 0.319 e. The van der Waals surface area contributed by atoms with Crippen LogP contribution in [0.15, 0.2) is 0 Å². The van der Waals surface area contributed by atoms with Gasteiger partial charge in [0.05, 0.1) is 13.2 Å². The summed E-state index contributed by atoms with van der Waals surface area (Å²) in [4.78, 5) is 13.4. The summed E-state index contributed by atoms with van der Waals surface area (Å²) in [6.07, 6.45) is 1.99. The molecule has 4 heteroatoms. The molecule has 4 nitrogen and oxygen atoms in total. The predicted octanol–water partition coefficient (Wildman–Crippen LogP) is 1.26. The molecule has 0 atom stereocenters. The summed E-state index contributed by atoms with van der Waals surface area (Å²) < 4.78 is 5.04. The normalized spacial score (nSPS) is 11.9. The van der Waals surface area contributed by atoms with E-state index < -0.39 is 0 Å². The maximum atomic E-state index is 11.3. The monoisotopic (exact) mass is 230 g/mol. The van der Waals surface area contributed by atoms with Crippen LogP contribution in [-0.2, 0) is 9.53 Å². The first-order valence-electron chi connectivity index (χ1n) is 5.94. The molecule has 0 spiro atoms. The van der Waals surface area contributed by atoms with Crippen LogP contribution in [0.25, 0.3) is 0 Å². The van der Waals surface area contributed by atoms with Crippen LogP contribution in [0.4, 0.5) is 0 Å². The van der Waals surface area contributed by atoms with Crippen molar-refractivity contribution in [3.63, 3.8) is 0 Å². The zero-order chi connectivity index (χ0) is 12.6. The summed E-state index contributed by atoms with van der Waals surface area (Å²) >= 11 is 0. The predicted molar refractivity (Wildman–Crippen MR) is 66.5 cm³/mol. The number of nitrogens with zero attached hydrogens (tertiary/aromatic N) is 1. The Bertz CT molecular complexity index is 203. The van der Waals surface area contributed by atoms with E-state index in [1.54, 1.807) is 0 Å². The highest BCUT2D eigenvalue weighted by molar-refractivity contribution is 5.71. The average molecular weight is 230 g/mol. The van der Waals surface area contributed by atoms with E-state index in [-0.39, 0.29) is 11.5 Å². The number of carbonyl (C=O) groups excluding carboxylic acids is 1. The lowest BCUT2D eigenvalue weighted by atomic mass is 10.0. The van der Waals surface area contributed by atoms with Gasteiger partial charge in [-0.1, -0.05) is 13.3 Å². The van der Waals surface area contributed by atoms with Gasteiger partial charge in [0.2, 0.25) is 0 Å². The Morgan fingerprint density at radius 3 is 2.50 bits per heavy atom. The minimum Gasteiger partial charge on any atom is -0.465 e. The fourth-order valence-electron chi connectivity index (χ4n) is 1.01. The van der Waals surface area contributed by atoms with E-state index in [2.05, 4.69) is 31.0 Å². The van der Waals surface area contributed by atoms with Gasteiger partial charge < -0.3 is 15.0 Å². The Kier molecular flexibility index (Phi) is 7.34. The molecule has 0 aromatic carbocycles. The Morgan fingerprint density at radius 1 is 1.38 bits per heavy atom. The van der Waals surface area contributed by atoms with Crippen molar-refractivity contribution in [2.75, 3.05) is 33.8 Å². The van der Waals surface area contributed by atoms with Crippen LogP contribution >= 0.6 is 0 Å². The number of hydrogen-bond donors (Lipinski definition) is 1. The van der Waals surface area contributed by atoms with Gasteiger partial charge >= 0.3 is 5.97 Å². The van der Waals surface area contributed by atoms with E-state index >= 15 is 0 Å². The van der Waals surface area contributed by atoms with Gasteiger partial charge in [0, 0.05) is 12.1 Å². The van der Waals surface area contributed by atoms with Crippen molar-refractivity contribution in [3.05, 3.63) is 0 Å². The van der Waals surface area contributed by atoms with Gasteiger partial charge in [-0.3, -0.25) is 4.79 Å². The molecule has 0 saturated heterocycles. The summed E-state index contributed by atoms with van der Waals surface area (Å²) in [5.74, 6) is -0.164. The second-order valence-corrected chi connectivity index (χ2v) is 4.88. The maximum absolute atomic E-state index is 11.3. The van der Waals surface area contributed by atoms with E-state index in [1.165, 1.54) is 0 Å². The van der Waals surface area contributed by atoms with Gasteiger partial charge in [-0.05, 0) is 34.4 Å². The SMILES string of the molecule is CCCCOC(=O)CNCC(C)(C)N(C)C. The van der Waals surface area contributed by atoms with Gasteiger partial charge in [-0.15, -0.1) is 0 Å². The van der Waals surface area contributed by atoms with E-state index in [1.807, 2.05) is 14.1 Å². The number of rotatable bonds is 8. The van der Waals surface area contributed by atoms with Crippen LogP contribution in [0.5, 0.6) is 0 Å². The lowest BCUT2D eigenvalue weighted by Gasteiger charge is -2.32. The van der Waals surface area contributed by atoms with Crippen molar-refractivity contribution in [1.82, 2.24) is 10.2 Å². The highest BCUT2D eigenvalue weighted by atomic mass is 16.5. The number of likely N-dealkylation sites (N-methyl/N-ethyl adjacent to an activating group) is 1. The molecule has 0 aromatic rings. The van der Waals surface area contributed by atoms with E-state index in [4.69, 9.17) is 4.74 Å². The van der Waals surface area contributed by atoms with Crippen LogP contribution in [0.2, 0.25) is 0 Å². The molecule has 0 saturated carbocycles. The molecule has 0 unspecified atom stereocenters. The van der Waals surface area contributed by atoms with Crippen LogP contribution in [0.1, 0.15) is 33.6 Å². The topological polar surface area (TPSA) is 41.6 Å². The Labute approximate surface area is 99.3 Å². The second-order valence-electron chi connectivity index (χ2n) is 4.88. The Morgan fingerprint density at radius 2 is 2.00 bits per heavy atom. The van der Waals surface area contributed by atoms with Crippen LogP contribution < -0.4 is 5.32 Å². The molecule has 0 fully saturated rings. The largest absolute Gasteiger partial charge is 0.465 e. The first-order valence-corrected chi connectivity index (χ1v) is 5.94. The Hall–Kier alpha value is -0.610. The van der Waals surface area contributed by atoms with E-state index in [0.717, 1.165) is 19.4 Å². The summed E-state index contributed by atoms with van der Waals surface area (Å²) in [6, 6.07) is 0. The zero-order valence-corrected chi connectivity index (χ0v) is 11.3. The molecule has 0 aliphatic carbocycles. The number of unbranched alkanes of at least 4 members (excludes halogenated alkanes) is 1. The lowest BCUT2D eigenvalue weighted by molar-refractivity contribution is -0.142. The summed E-state index contributed by atoms with van der Waals surface area (Å²) in [6.45, 7) is 7.93. The van der Waals surface area contributed by atoms with E-state index in [9.17, 15) is 4.79 Å². The molecule has 0 radical (unpaired) electrons. The smallest absolute Gasteiger partial charge is 0.319 e. The molecular formula is C12H26N2O2. The molecule has 0 heterocycles. The Balaban J connectivity index is 3.61. The van der Waals surface area contributed by atoms with Crippen molar-refractivity contribution in [3.8, 4) is 0 Å². The van der Waals surface area contributed by atoms with Gasteiger partial charge in [0.1, 0.15) is 0 Å². The van der Waals surface area contributed by atoms with Crippen molar-refractivity contribution < 1.29 is 9.53 Å². The number of ether oxygens (including phenoxy) is 1. The molecule has 0 aliphatic rings. The molecule has 0 aromatic heterocycles. The van der Waals surface area contributed by atoms with Crippen LogP contribution in [0, 0.1) is 0 Å². The molecule has 0 aliphatic heterocycles. The third kappa shape index (κ3) is 6.80. The zero-order valence-electron chi connectivity index (χ0n) is 11.3. The highest BCUT2D eigenvalue weighted by Crippen LogP contribution is 2.07. The van der Waals surface area contributed by atoms with E-state index in [0.29, 0.717) is 13.2 Å². The first kappa shape index (κ1) is 15.4. The molecule has 16 heavy (non-hydrogen) atoms. The first-order chi connectivity index (χ1) is 7.40. The standard InChI is InChI=1S/C12H26N2O2/c1-6-7-8-16-11(15)9-13-10-12(2,3)14(4)5/h13H,6-10H2,1-5H3. The summed E-state index contributed by atoms with van der Waals surface area (Å²) in [5.41, 5.74) is 0.0453. The van der Waals surface area contributed by atoms with Crippen molar-refractivity contribution in [2.45, 2.75) is 39.2 Å². The van der Waals surface area contributed by atoms with Crippen molar-refractivity contribution in [2.24, 2.45) is 0 Å². The average Bonchev–Trinajstić information content (AvgIpc) is 2.17. The molecule has 96 valence electrons. The number of esters is 1. The summed E-state index contributed by atoms with van der Waals surface area (Å²) in [7, 11) is 4.06. The van der Waals surface area contributed by atoms with Crippen LogP contribution in [0.3, 0.4) is 0 Å². The van der Waals surface area contributed by atoms with Crippen molar-refractivity contribution >= 4 is 5.97 Å². The second kappa shape index (κ2) is 7.63. The third-order valence-corrected chi connectivity index (χ3v) is 2.80. The quantitative estimate of drug-likeness (QED) is 0.503. The number of hydrogen-bond acceptors (Lipinski definition) is 4. The molecular weight excluding hydrogens is 204 g/mol. The lowest BCUT2D eigenvalue weighted by Crippen LogP contribution is -2.47. The third-order valence-electron chi connectivity index (χ3n) is 2.80. The van der Waals surface area contributed by atoms with Gasteiger partial charge in [-0.2, -0.15) is 0 Å². The summed E-state index contributed by atoms with van der Waals surface area (Å²) in [5, 5.41) is 3.12. The van der Waals surface area contributed by atoms with Crippen LogP contribution in [-0.4, -0.2) is 50.2 Å². The van der Waals surface area contributed by atoms with Crippen molar-refractivity contribution in [1.29, 1.82) is 0 Å². The molecule has 1 N–H and O–H groups in total. The van der Waals surface area contributed by atoms with Gasteiger partial charge in [0.15, 0.2) is 0 Å². The minimum atomic E-state index is -0.164. The molecule has 0 rings (SSSR count). The fraction of sp³-hybridized carbons (Fsp3) is 0.917. The molecule has 0 bridgehead atoms. The van der Waals surface area contributed by atoms with Gasteiger partial charge in [0.25, 0.3) is 0 Å².